The highest BCUT2D eigenvalue weighted by Crippen LogP contribution is 2.09. The molecule has 1 saturated heterocycles. The predicted molar refractivity (Wildman–Crippen MR) is 63.2 cm³/mol. The Balaban J connectivity index is 1.81. The Hall–Kier alpha value is -0.940. The van der Waals surface area contributed by atoms with Crippen molar-refractivity contribution < 1.29 is 0 Å². The molecule has 0 radical (unpaired) electrons. The molecule has 1 aliphatic heterocycles. The molecule has 2 heterocycles. The maximum Gasteiger partial charge on any atom is 0.137 e. The van der Waals surface area contributed by atoms with Gasteiger partial charge in [0.15, 0.2) is 0 Å². The average Bonchev–Trinajstić information content (AvgIpc) is 2.81. The van der Waals surface area contributed by atoms with Gasteiger partial charge in [0.05, 0.1) is 6.54 Å². The molecule has 0 bridgehead atoms. The molecule has 5 heteroatoms. The van der Waals surface area contributed by atoms with Crippen molar-refractivity contribution in [3.63, 3.8) is 0 Å². The lowest BCUT2D eigenvalue weighted by Gasteiger charge is -2.36. The van der Waals surface area contributed by atoms with Gasteiger partial charge in [-0.05, 0) is 6.42 Å². The smallest absolute Gasteiger partial charge is 0.137 e. The Labute approximate surface area is 96.8 Å². The maximum atomic E-state index is 4.13. The molecule has 1 fully saturated rings. The fourth-order valence-corrected chi connectivity index (χ4v) is 2.29. The van der Waals surface area contributed by atoms with Crippen molar-refractivity contribution in [2.45, 2.75) is 32.4 Å². The Morgan fingerprint density at radius 2 is 2.38 bits per heavy atom. The first-order valence-electron chi connectivity index (χ1n) is 6.17. The normalized spacial score (nSPS) is 22.4. The maximum absolute atomic E-state index is 4.13. The summed E-state index contributed by atoms with van der Waals surface area (Å²) >= 11 is 0. The summed E-state index contributed by atoms with van der Waals surface area (Å²) in [7, 11) is 0. The third-order valence-corrected chi connectivity index (χ3v) is 3.18. The van der Waals surface area contributed by atoms with E-state index in [1.54, 1.807) is 12.7 Å². The Morgan fingerprint density at radius 1 is 1.44 bits per heavy atom. The molecule has 1 aromatic heterocycles. The first kappa shape index (κ1) is 11.5. The largest absolute Gasteiger partial charge is 0.314 e. The number of hydrogen-bond acceptors (Lipinski definition) is 4. The van der Waals surface area contributed by atoms with Crippen molar-refractivity contribution in [3.05, 3.63) is 12.7 Å². The van der Waals surface area contributed by atoms with Crippen LogP contribution < -0.4 is 5.32 Å². The lowest BCUT2D eigenvalue weighted by Crippen LogP contribution is -2.51. The van der Waals surface area contributed by atoms with Crippen molar-refractivity contribution in [3.8, 4) is 0 Å². The summed E-state index contributed by atoms with van der Waals surface area (Å²) in [5.41, 5.74) is 0. The van der Waals surface area contributed by atoms with Crippen molar-refractivity contribution in [1.82, 2.24) is 25.0 Å². The highest BCUT2D eigenvalue weighted by molar-refractivity contribution is 4.79. The van der Waals surface area contributed by atoms with Crippen molar-refractivity contribution in [1.29, 1.82) is 0 Å². The minimum atomic E-state index is 0.697. The van der Waals surface area contributed by atoms with Crippen LogP contribution in [0, 0.1) is 0 Å². The number of hydrogen-bond donors (Lipinski definition) is 1. The third-order valence-electron chi connectivity index (χ3n) is 3.18. The third kappa shape index (κ3) is 3.02. The van der Waals surface area contributed by atoms with Crippen LogP contribution >= 0.6 is 0 Å². The Kier molecular flexibility index (Phi) is 4.30. The number of piperazine rings is 1. The van der Waals surface area contributed by atoms with Crippen molar-refractivity contribution in [2.75, 3.05) is 26.2 Å². The summed E-state index contributed by atoms with van der Waals surface area (Å²) in [4.78, 5) is 6.53. The first-order valence-corrected chi connectivity index (χ1v) is 6.17. The van der Waals surface area contributed by atoms with Gasteiger partial charge in [0.2, 0.25) is 0 Å². The van der Waals surface area contributed by atoms with Gasteiger partial charge in [0, 0.05) is 32.2 Å². The second-order valence-electron chi connectivity index (χ2n) is 4.34. The molecular weight excluding hydrogens is 202 g/mol. The highest BCUT2D eigenvalue weighted by Gasteiger charge is 2.20. The van der Waals surface area contributed by atoms with E-state index in [4.69, 9.17) is 0 Å². The van der Waals surface area contributed by atoms with Gasteiger partial charge < -0.3 is 5.32 Å². The second kappa shape index (κ2) is 5.96. The van der Waals surface area contributed by atoms with Gasteiger partial charge in [0.1, 0.15) is 12.7 Å². The van der Waals surface area contributed by atoms with Crippen LogP contribution in [0.25, 0.3) is 0 Å². The average molecular weight is 223 g/mol. The van der Waals surface area contributed by atoms with E-state index in [0.29, 0.717) is 6.04 Å². The molecule has 0 spiro atoms. The Bertz CT molecular complexity index is 283. The van der Waals surface area contributed by atoms with Crippen LogP contribution in [0.2, 0.25) is 0 Å². The topological polar surface area (TPSA) is 46.0 Å². The van der Waals surface area contributed by atoms with Gasteiger partial charge in [-0.2, -0.15) is 5.10 Å². The van der Waals surface area contributed by atoms with Gasteiger partial charge in [-0.25, -0.2) is 4.98 Å². The molecule has 0 saturated carbocycles. The lowest BCUT2D eigenvalue weighted by molar-refractivity contribution is 0.145. The van der Waals surface area contributed by atoms with Crippen LogP contribution in [-0.2, 0) is 6.54 Å². The minimum absolute atomic E-state index is 0.697. The van der Waals surface area contributed by atoms with Crippen LogP contribution in [0.4, 0.5) is 0 Å². The molecule has 5 nitrogen and oxygen atoms in total. The summed E-state index contributed by atoms with van der Waals surface area (Å²) in [5.74, 6) is 0. The molecule has 1 N–H and O–H groups in total. The zero-order chi connectivity index (χ0) is 11.2. The summed E-state index contributed by atoms with van der Waals surface area (Å²) in [5, 5.41) is 7.60. The predicted octanol–water partition coefficient (Wildman–Crippen LogP) is 0.352. The highest BCUT2D eigenvalue weighted by atomic mass is 15.3. The van der Waals surface area contributed by atoms with E-state index in [-0.39, 0.29) is 0 Å². The fraction of sp³-hybridized carbons (Fsp3) is 0.818. The molecule has 0 aromatic carbocycles. The van der Waals surface area contributed by atoms with E-state index in [1.165, 1.54) is 12.8 Å². The van der Waals surface area contributed by atoms with E-state index in [1.807, 2.05) is 4.68 Å². The molecular formula is C11H21N5. The van der Waals surface area contributed by atoms with Crippen LogP contribution in [0.1, 0.15) is 19.8 Å². The van der Waals surface area contributed by atoms with Crippen molar-refractivity contribution in [2.24, 2.45) is 0 Å². The molecule has 90 valence electrons. The standard InChI is InChI=1S/C11H21N5/c1-2-3-11-8-12-4-5-15(11)6-7-16-10-13-9-14-16/h9-12H,2-8H2,1H3. The minimum Gasteiger partial charge on any atom is -0.314 e. The first-order chi connectivity index (χ1) is 7.90. The quantitative estimate of drug-likeness (QED) is 0.782. The molecule has 0 amide bonds. The molecule has 2 rings (SSSR count). The zero-order valence-electron chi connectivity index (χ0n) is 9.97. The van der Waals surface area contributed by atoms with E-state index < -0.39 is 0 Å². The zero-order valence-corrected chi connectivity index (χ0v) is 9.97. The second-order valence-corrected chi connectivity index (χ2v) is 4.34. The number of nitrogens with zero attached hydrogens (tertiary/aromatic N) is 4. The fourth-order valence-electron chi connectivity index (χ4n) is 2.29. The summed E-state index contributed by atoms with van der Waals surface area (Å²) in [6, 6.07) is 0.697. The number of aromatic nitrogens is 3. The summed E-state index contributed by atoms with van der Waals surface area (Å²) < 4.78 is 1.91. The van der Waals surface area contributed by atoms with Crippen LogP contribution in [0.5, 0.6) is 0 Å². The van der Waals surface area contributed by atoms with E-state index in [0.717, 1.165) is 32.7 Å². The van der Waals surface area contributed by atoms with Crippen LogP contribution in [0.15, 0.2) is 12.7 Å². The summed E-state index contributed by atoms with van der Waals surface area (Å²) in [6.45, 7) is 7.67. The molecule has 1 aromatic rings. The van der Waals surface area contributed by atoms with E-state index in [9.17, 15) is 0 Å². The van der Waals surface area contributed by atoms with Gasteiger partial charge in [0.25, 0.3) is 0 Å². The molecule has 1 atom stereocenters. The molecule has 0 aliphatic carbocycles. The van der Waals surface area contributed by atoms with Gasteiger partial charge in [-0.1, -0.05) is 13.3 Å². The van der Waals surface area contributed by atoms with Gasteiger partial charge >= 0.3 is 0 Å². The molecule has 16 heavy (non-hydrogen) atoms. The lowest BCUT2D eigenvalue weighted by atomic mass is 10.1. The van der Waals surface area contributed by atoms with Gasteiger partial charge in [-0.3, -0.25) is 9.58 Å². The number of nitrogens with one attached hydrogen (secondary N) is 1. The van der Waals surface area contributed by atoms with Gasteiger partial charge in [-0.15, -0.1) is 0 Å². The summed E-state index contributed by atoms with van der Waals surface area (Å²) in [6.07, 6.45) is 5.93. The Morgan fingerprint density at radius 3 is 3.12 bits per heavy atom. The monoisotopic (exact) mass is 223 g/mol. The molecule has 1 unspecified atom stereocenters. The van der Waals surface area contributed by atoms with Crippen LogP contribution in [-0.4, -0.2) is 51.9 Å². The van der Waals surface area contributed by atoms with Crippen LogP contribution in [0.3, 0.4) is 0 Å². The van der Waals surface area contributed by atoms with E-state index in [2.05, 4.69) is 27.2 Å². The molecule has 1 aliphatic rings. The van der Waals surface area contributed by atoms with Crippen molar-refractivity contribution >= 4 is 0 Å². The SMILES string of the molecule is CCCC1CNCCN1CCn1cncn1. The van der Waals surface area contributed by atoms with E-state index >= 15 is 0 Å². The number of rotatable bonds is 5.